The van der Waals surface area contributed by atoms with Gasteiger partial charge in [-0.05, 0) is 73.1 Å². The van der Waals surface area contributed by atoms with Crippen molar-refractivity contribution in [1.82, 2.24) is 0 Å². The number of carbonyl (C=O) groups excluding carboxylic acids is 1. The summed E-state index contributed by atoms with van der Waals surface area (Å²) in [5, 5.41) is 8.96. The standard InChI is InChI=1S/C14H20N2O2.C9H10O/c1-2-11-10-12(16-8-3-4-14(16)17)5-6-13(11)18-9-7-15;10-9-5-3-8(4-6-9)7-1-2-7/h5-6,10H,2-4,7-9,15H2,1H3;3-7,10H,1-2H2. The van der Waals surface area contributed by atoms with Gasteiger partial charge < -0.3 is 20.5 Å². The summed E-state index contributed by atoms with van der Waals surface area (Å²) >= 11 is 0. The summed E-state index contributed by atoms with van der Waals surface area (Å²) in [6, 6.07) is 13.5. The molecule has 5 nitrogen and oxygen atoms in total. The van der Waals surface area contributed by atoms with Gasteiger partial charge in [0.1, 0.15) is 18.1 Å². The number of amides is 1. The van der Waals surface area contributed by atoms with Crippen molar-refractivity contribution in [2.24, 2.45) is 5.73 Å². The van der Waals surface area contributed by atoms with Gasteiger partial charge in [-0.3, -0.25) is 4.79 Å². The van der Waals surface area contributed by atoms with Crippen LogP contribution < -0.4 is 15.4 Å². The first kappa shape index (κ1) is 20.2. The molecule has 5 heteroatoms. The number of rotatable bonds is 6. The lowest BCUT2D eigenvalue weighted by molar-refractivity contribution is -0.117. The van der Waals surface area contributed by atoms with E-state index in [-0.39, 0.29) is 5.91 Å². The Morgan fingerprint density at radius 3 is 2.50 bits per heavy atom. The van der Waals surface area contributed by atoms with Crippen LogP contribution in [0.15, 0.2) is 42.5 Å². The third-order valence-corrected chi connectivity index (χ3v) is 5.13. The molecule has 0 unspecified atom stereocenters. The molecule has 0 radical (unpaired) electrons. The van der Waals surface area contributed by atoms with E-state index in [1.807, 2.05) is 29.2 Å². The van der Waals surface area contributed by atoms with Crippen molar-refractivity contribution in [3.05, 3.63) is 53.6 Å². The van der Waals surface area contributed by atoms with Crippen molar-refractivity contribution in [2.45, 2.75) is 44.9 Å². The summed E-state index contributed by atoms with van der Waals surface area (Å²) in [7, 11) is 0. The molecule has 1 aliphatic heterocycles. The molecule has 1 aliphatic carbocycles. The third kappa shape index (κ3) is 5.26. The summed E-state index contributed by atoms with van der Waals surface area (Å²) < 4.78 is 5.59. The average molecular weight is 383 g/mol. The van der Waals surface area contributed by atoms with Gasteiger partial charge in [0.2, 0.25) is 5.91 Å². The van der Waals surface area contributed by atoms with E-state index in [0.717, 1.165) is 42.3 Å². The first-order valence-corrected chi connectivity index (χ1v) is 10.2. The van der Waals surface area contributed by atoms with Gasteiger partial charge in [-0.25, -0.2) is 0 Å². The lowest BCUT2D eigenvalue weighted by atomic mass is 10.1. The number of benzene rings is 2. The van der Waals surface area contributed by atoms with E-state index >= 15 is 0 Å². The van der Waals surface area contributed by atoms with Crippen LogP contribution in [0.4, 0.5) is 5.69 Å². The fourth-order valence-electron chi connectivity index (χ4n) is 3.40. The molecular formula is C23H30N2O3. The number of nitrogens with two attached hydrogens (primary N) is 1. The second-order valence-corrected chi connectivity index (χ2v) is 7.30. The van der Waals surface area contributed by atoms with Crippen LogP contribution in [0.3, 0.4) is 0 Å². The van der Waals surface area contributed by atoms with Crippen LogP contribution in [-0.4, -0.2) is 30.7 Å². The molecule has 3 N–H and O–H groups in total. The number of anilines is 1. The highest BCUT2D eigenvalue weighted by Crippen LogP contribution is 2.40. The number of hydrogen-bond acceptors (Lipinski definition) is 4. The number of aryl methyl sites for hydroxylation is 1. The zero-order valence-electron chi connectivity index (χ0n) is 16.6. The van der Waals surface area contributed by atoms with Crippen LogP contribution in [0.5, 0.6) is 11.5 Å². The van der Waals surface area contributed by atoms with Crippen LogP contribution >= 0.6 is 0 Å². The highest BCUT2D eigenvalue weighted by Gasteiger charge is 2.23. The molecule has 1 saturated carbocycles. The molecular weight excluding hydrogens is 352 g/mol. The predicted octanol–water partition coefficient (Wildman–Crippen LogP) is 3.98. The molecule has 0 atom stereocenters. The van der Waals surface area contributed by atoms with E-state index in [0.29, 0.717) is 25.3 Å². The fraction of sp³-hybridized carbons (Fsp3) is 0.435. The Kier molecular flexibility index (Phi) is 6.93. The molecule has 150 valence electrons. The second-order valence-electron chi connectivity index (χ2n) is 7.30. The maximum atomic E-state index is 11.7. The van der Waals surface area contributed by atoms with Gasteiger partial charge in [0.15, 0.2) is 0 Å². The average Bonchev–Trinajstić information content (AvgIpc) is 3.48. The highest BCUT2D eigenvalue weighted by atomic mass is 16.5. The van der Waals surface area contributed by atoms with Gasteiger partial charge >= 0.3 is 0 Å². The lowest BCUT2D eigenvalue weighted by Gasteiger charge is -2.18. The molecule has 0 aromatic heterocycles. The smallest absolute Gasteiger partial charge is 0.227 e. The second kappa shape index (κ2) is 9.60. The zero-order chi connectivity index (χ0) is 19.9. The van der Waals surface area contributed by atoms with Crippen molar-refractivity contribution < 1.29 is 14.6 Å². The zero-order valence-corrected chi connectivity index (χ0v) is 16.6. The predicted molar refractivity (Wildman–Crippen MR) is 112 cm³/mol. The van der Waals surface area contributed by atoms with Crippen molar-refractivity contribution in [2.75, 3.05) is 24.6 Å². The van der Waals surface area contributed by atoms with E-state index in [1.165, 1.54) is 18.4 Å². The van der Waals surface area contributed by atoms with Crippen LogP contribution in [0.2, 0.25) is 0 Å². The van der Waals surface area contributed by atoms with Gasteiger partial charge in [0.05, 0.1) is 0 Å². The first-order chi connectivity index (χ1) is 13.6. The number of ether oxygens (including phenoxy) is 1. The number of hydrogen-bond donors (Lipinski definition) is 2. The minimum atomic E-state index is 0.215. The first-order valence-electron chi connectivity index (χ1n) is 10.2. The molecule has 2 aromatic rings. The molecule has 2 aromatic carbocycles. The Hall–Kier alpha value is -2.53. The van der Waals surface area contributed by atoms with E-state index < -0.39 is 0 Å². The molecule has 0 bridgehead atoms. The Bertz CT molecular complexity index is 785. The van der Waals surface area contributed by atoms with Crippen LogP contribution in [-0.2, 0) is 11.2 Å². The summed E-state index contributed by atoms with van der Waals surface area (Å²) in [6.07, 6.45) is 5.14. The minimum absolute atomic E-state index is 0.215. The Balaban J connectivity index is 0.000000188. The molecule has 1 amide bonds. The number of phenols is 1. The fourth-order valence-corrected chi connectivity index (χ4v) is 3.40. The van der Waals surface area contributed by atoms with Crippen LogP contribution in [0.1, 0.15) is 49.7 Å². The Morgan fingerprint density at radius 2 is 1.93 bits per heavy atom. The summed E-state index contributed by atoms with van der Waals surface area (Å²) in [6.45, 7) is 3.94. The number of phenolic OH excluding ortho intramolecular Hbond substituents is 1. The van der Waals surface area contributed by atoms with Crippen molar-refractivity contribution in [3.8, 4) is 11.5 Å². The van der Waals surface area contributed by atoms with E-state index in [1.54, 1.807) is 12.1 Å². The van der Waals surface area contributed by atoms with Gasteiger partial charge in [0, 0.05) is 25.2 Å². The van der Waals surface area contributed by atoms with E-state index in [9.17, 15) is 4.79 Å². The molecule has 1 saturated heterocycles. The van der Waals surface area contributed by atoms with Crippen molar-refractivity contribution >= 4 is 11.6 Å². The lowest BCUT2D eigenvalue weighted by Crippen LogP contribution is -2.23. The third-order valence-electron chi connectivity index (χ3n) is 5.13. The molecule has 4 rings (SSSR count). The quantitative estimate of drug-likeness (QED) is 0.792. The topological polar surface area (TPSA) is 75.8 Å². The molecule has 1 heterocycles. The number of carbonyl (C=O) groups is 1. The highest BCUT2D eigenvalue weighted by molar-refractivity contribution is 5.95. The summed E-state index contributed by atoms with van der Waals surface area (Å²) in [4.78, 5) is 13.6. The van der Waals surface area contributed by atoms with Gasteiger partial charge in [-0.1, -0.05) is 19.1 Å². The molecule has 28 heavy (non-hydrogen) atoms. The SMILES string of the molecule is CCc1cc(N2CCCC2=O)ccc1OCCN.Oc1ccc(C2CC2)cc1. The maximum absolute atomic E-state index is 11.7. The molecule has 2 fully saturated rings. The molecule has 0 spiro atoms. The number of aromatic hydroxyl groups is 1. The molecule has 2 aliphatic rings. The normalized spacial score (nSPS) is 15.9. The maximum Gasteiger partial charge on any atom is 0.227 e. The van der Waals surface area contributed by atoms with Crippen molar-refractivity contribution in [3.63, 3.8) is 0 Å². The van der Waals surface area contributed by atoms with Crippen LogP contribution in [0.25, 0.3) is 0 Å². The summed E-state index contributed by atoms with van der Waals surface area (Å²) in [5.41, 5.74) is 8.92. The largest absolute Gasteiger partial charge is 0.508 e. The number of nitrogens with zero attached hydrogens (tertiary/aromatic N) is 1. The Morgan fingerprint density at radius 1 is 1.18 bits per heavy atom. The van der Waals surface area contributed by atoms with Crippen LogP contribution in [0, 0.1) is 0 Å². The Labute approximate surface area is 167 Å². The van der Waals surface area contributed by atoms with E-state index in [4.69, 9.17) is 15.6 Å². The monoisotopic (exact) mass is 382 g/mol. The van der Waals surface area contributed by atoms with Gasteiger partial charge in [-0.2, -0.15) is 0 Å². The van der Waals surface area contributed by atoms with Gasteiger partial charge in [0.25, 0.3) is 0 Å². The van der Waals surface area contributed by atoms with Crippen molar-refractivity contribution in [1.29, 1.82) is 0 Å². The summed E-state index contributed by atoms with van der Waals surface area (Å²) in [5.74, 6) is 2.25. The van der Waals surface area contributed by atoms with Gasteiger partial charge in [-0.15, -0.1) is 0 Å². The minimum Gasteiger partial charge on any atom is -0.508 e. The van der Waals surface area contributed by atoms with E-state index in [2.05, 4.69) is 13.0 Å².